The highest BCUT2D eigenvalue weighted by Gasteiger charge is 2.03. The van der Waals surface area contributed by atoms with E-state index in [4.69, 9.17) is 4.84 Å². The third kappa shape index (κ3) is 2.70. The van der Waals surface area contributed by atoms with Crippen molar-refractivity contribution in [1.82, 2.24) is 5.06 Å². The molecule has 1 aliphatic heterocycles. The van der Waals surface area contributed by atoms with E-state index in [0.29, 0.717) is 0 Å². The lowest BCUT2D eigenvalue weighted by atomic mass is 10.0. The fraction of sp³-hybridized carbons (Fsp3) is 0.231. The van der Waals surface area contributed by atoms with Gasteiger partial charge in [0, 0.05) is 6.20 Å². The van der Waals surface area contributed by atoms with Crippen LogP contribution in [0.5, 0.6) is 0 Å². The van der Waals surface area contributed by atoms with E-state index in [1.54, 1.807) is 12.2 Å². The third-order valence-electron chi connectivity index (χ3n) is 2.47. The Balaban J connectivity index is 1.98. The Morgan fingerprint density at radius 2 is 2.07 bits per heavy atom. The number of hydroxylamine groups is 2. The summed E-state index contributed by atoms with van der Waals surface area (Å²) in [6.45, 7) is 0.829. The van der Waals surface area contributed by atoms with Crippen molar-refractivity contribution in [2.24, 2.45) is 0 Å². The van der Waals surface area contributed by atoms with Gasteiger partial charge in [-0.2, -0.15) is 0 Å². The van der Waals surface area contributed by atoms with Crippen molar-refractivity contribution in [2.45, 2.75) is 6.42 Å². The average molecular weight is 201 g/mol. The maximum Gasteiger partial charge on any atom is 0.0638 e. The van der Waals surface area contributed by atoms with Gasteiger partial charge in [-0.15, -0.1) is 0 Å². The molecule has 15 heavy (non-hydrogen) atoms. The van der Waals surface area contributed by atoms with E-state index in [2.05, 4.69) is 36.4 Å². The summed E-state index contributed by atoms with van der Waals surface area (Å²) in [5.74, 6) is 0. The molecule has 1 aromatic carbocycles. The molecule has 1 heterocycles. The van der Waals surface area contributed by atoms with Gasteiger partial charge < -0.3 is 0 Å². The van der Waals surface area contributed by atoms with Crippen LogP contribution in [0.4, 0.5) is 0 Å². The lowest BCUT2D eigenvalue weighted by Gasteiger charge is -2.19. The monoisotopic (exact) mass is 201 g/mol. The lowest BCUT2D eigenvalue weighted by Crippen LogP contribution is -2.18. The van der Waals surface area contributed by atoms with E-state index < -0.39 is 0 Å². The van der Waals surface area contributed by atoms with Gasteiger partial charge >= 0.3 is 0 Å². The van der Waals surface area contributed by atoms with E-state index in [9.17, 15) is 0 Å². The second-order valence-electron chi connectivity index (χ2n) is 3.54. The Hall–Kier alpha value is -1.54. The highest BCUT2D eigenvalue weighted by atomic mass is 16.7. The molecule has 0 spiro atoms. The molecule has 0 N–H and O–H groups in total. The van der Waals surface area contributed by atoms with Gasteiger partial charge in [0.1, 0.15) is 0 Å². The van der Waals surface area contributed by atoms with Crippen molar-refractivity contribution >= 4 is 0 Å². The third-order valence-corrected chi connectivity index (χ3v) is 2.47. The topological polar surface area (TPSA) is 12.5 Å². The molecule has 2 rings (SSSR count). The van der Waals surface area contributed by atoms with E-state index in [1.807, 2.05) is 12.3 Å². The largest absolute Gasteiger partial charge is 0.277 e. The SMILES string of the molecule is CON1C=CC(Cc2ccccc2)=CC1. The van der Waals surface area contributed by atoms with Crippen LogP contribution in [0.3, 0.4) is 0 Å². The number of hydrogen-bond acceptors (Lipinski definition) is 2. The number of allylic oxidation sites excluding steroid dienone is 2. The van der Waals surface area contributed by atoms with Gasteiger partial charge in [-0.3, -0.25) is 9.90 Å². The molecule has 1 aliphatic rings. The molecule has 0 unspecified atom stereocenters. The Morgan fingerprint density at radius 1 is 1.27 bits per heavy atom. The van der Waals surface area contributed by atoms with E-state index in [-0.39, 0.29) is 0 Å². The van der Waals surface area contributed by atoms with Gasteiger partial charge in [0.2, 0.25) is 0 Å². The van der Waals surface area contributed by atoms with Crippen molar-refractivity contribution in [2.75, 3.05) is 13.7 Å². The number of rotatable bonds is 3. The van der Waals surface area contributed by atoms with Crippen molar-refractivity contribution < 1.29 is 4.84 Å². The molecule has 0 saturated carbocycles. The predicted molar refractivity (Wildman–Crippen MR) is 61.1 cm³/mol. The van der Waals surface area contributed by atoms with Gasteiger partial charge in [-0.1, -0.05) is 36.4 Å². The molecule has 78 valence electrons. The minimum atomic E-state index is 0.829. The summed E-state index contributed by atoms with van der Waals surface area (Å²) in [6, 6.07) is 10.5. The molecule has 0 aromatic heterocycles. The Morgan fingerprint density at radius 3 is 2.67 bits per heavy atom. The first-order chi connectivity index (χ1) is 7.38. The summed E-state index contributed by atoms with van der Waals surface area (Å²) in [5.41, 5.74) is 2.69. The molecule has 0 saturated heterocycles. The summed E-state index contributed by atoms with van der Waals surface area (Å²) in [5, 5.41) is 1.80. The molecular formula is C13H15NO. The number of nitrogens with zero attached hydrogens (tertiary/aromatic N) is 1. The van der Waals surface area contributed by atoms with Gasteiger partial charge in [0.15, 0.2) is 0 Å². The van der Waals surface area contributed by atoms with Crippen LogP contribution in [0.25, 0.3) is 0 Å². The minimum Gasteiger partial charge on any atom is -0.277 e. The van der Waals surface area contributed by atoms with E-state index >= 15 is 0 Å². The Bertz CT molecular complexity index is 367. The van der Waals surface area contributed by atoms with Crippen molar-refractivity contribution in [3.8, 4) is 0 Å². The maximum absolute atomic E-state index is 5.09. The normalized spacial score (nSPS) is 15.3. The van der Waals surface area contributed by atoms with Crippen molar-refractivity contribution in [3.63, 3.8) is 0 Å². The summed E-state index contributed by atoms with van der Waals surface area (Å²) in [6.07, 6.45) is 7.25. The van der Waals surface area contributed by atoms with Crippen LogP contribution >= 0.6 is 0 Å². The molecule has 0 aliphatic carbocycles. The first kappa shape index (κ1) is 9.99. The average Bonchev–Trinajstić information content (AvgIpc) is 2.31. The minimum absolute atomic E-state index is 0.829. The van der Waals surface area contributed by atoms with Gasteiger partial charge in [0.25, 0.3) is 0 Å². The molecule has 0 radical (unpaired) electrons. The fourth-order valence-electron chi connectivity index (χ4n) is 1.61. The van der Waals surface area contributed by atoms with Crippen LogP contribution in [-0.2, 0) is 11.3 Å². The van der Waals surface area contributed by atoms with Gasteiger partial charge in [0.05, 0.1) is 13.7 Å². The zero-order valence-electron chi connectivity index (χ0n) is 8.89. The first-order valence-corrected chi connectivity index (χ1v) is 5.10. The molecular weight excluding hydrogens is 186 g/mol. The van der Waals surface area contributed by atoms with Gasteiger partial charge in [-0.05, 0) is 23.6 Å². The molecule has 0 amide bonds. The van der Waals surface area contributed by atoms with E-state index in [1.165, 1.54) is 11.1 Å². The quantitative estimate of drug-likeness (QED) is 0.745. The lowest BCUT2D eigenvalue weighted by molar-refractivity contribution is -0.0793. The maximum atomic E-state index is 5.09. The zero-order chi connectivity index (χ0) is 10.5. The second-order valence-corrected chi connectivity index (χ2v) is 3.54. The van der Waals surface area contributed by atoms with Crippen molar-refractivity contribution in [1.29, 1.82) is 0 Å². The van der Waals surface area contributed by atoms with E-state index in [0.717, 1.165) is 13.0 Å². The van der Waals surface area contributed by atoms with Crippen LogP contribution < -0.4 is 0 Å². The van der Waals surface area contributed by atoms with Crippen LogP contribution in [0.2, 0.25) is 0 Å². The molecule has 0 atom stereocenters. The smallest absolute Gasteiger partial charge is 0.0638 e. The Kier molecular flexibility index (Phi) is 3.20. The molecule has 1 aromatic rings. The Labute approximate surface area is 90.4 Å². The number of benzene rings is 1. The standard InChI is InChI=1S/C13H15NO/c1-15-14-9-7-13(8-10-14)11-12-5-3-2-4-6-12/h2-9H,10-11H2,1H3. The zero-order valence-corrected chi connectivity index (χ0v) is 8.89. The van der Waals surface area contributed by atoms with Crippen molar-refractivity contribution in [3.05, 3.63) is 59.8 Å². The van der Waals surface area contributed by atoms with Gasteiger partial charge in [-0.25, -0.2) is 0 Å². The van der Waals surface area contributed by atoms with Crippen LogP contribution in [0.1, 0.15) is 5.56 Å². The molecule has 2 heteroatoms. The summed E-state index contributed by atoms with van der Waals surface area (Å²) in [7, 11) is 1.68. The summed E-state index contributed by atoms with van der Waals surface area (Å²) < 4.78 is 0. The summed E-state index contributed by atoms with van der Waals surface area (Å²) in [4.78, 5) is 5.09. The second kappa shape index (κ2) is 4.80. The highest BCUT2D eigenvalue weighted by Crippen LogP contribution is 2.13. The highest BCUT2D eigenvalue weighted by molar-refractivity contribution is 5.29. The molecule has 0 fully saturated rings. The first-order valence-electron chi connectivity index (χ1n) is 5.10. The summed E-state index contributed by atoms with van der Waals surface area (Å²) >= 11 is 0. The predicted octanol–water partition coefficient (Wildman–Crippen LogP) is 2.55. The van der Waals surface area contributed by atoms with Crippen LogP contribution in [0.15, 0.2) is 54.3 Å². The van der Waals surface area contributed by atoms with Crippen LogP contribution in [0, 0.1) is 0 Å². The molecule has 2 nitrogen and oxygen atoms in total. The fourth-order valence-corrected chi connectivity index (χ4v) is 1.61. The molecule has 0 bridgehead atoms. The number of hydrogen-bond donors (Lipinski definition) is 0. The van der Waals surface area contributed by atoms with Crippen LogP contribution in [-0.4, -0.2) is 18.7 Å².